The summed E-state index contributed by atoms with van der Waals surface area (Å²) in [6, 6.07) is 46.9. The molecule has 0 bridgehead atoms. The van der Waals surface area contributed by atoms with Crippen LogP contribution < -0.4 is 24.0 Å². The van der Waals surface area contributed by atoms with E-state index in [1.807, 2.05) is 109 Å². The van der Waals surface area contributed by atoms with E-state index in [9.17, 15) is 15.0 Å². The van der Waals surface area contributed by atoms with Gasteiger partial charge in [0.15, 0.2) is 5.82 Å². The van der Waals surface area contributed by atoms with Gasteiger partial charge >= 0.3 is 18.9 Å². The molecule has 10 heteroatoms. The van der Waals surface area contributed by atoms with E-state index in [1.54, 1.807) is 4.57 Å². The van der Waals surface area contributed by atoms with E-state index in [0.29, 0.717) is 18.1 Å². The zero-order valence-electron chi connectivity index (χ0n) is 30.3. The average Bonchev–Trinajstić information content (AvgIpc) is 3.80. The van der Waals surface area contributed by atoms with Crippen LogP contribution in [0.3, 0.4) is 0 Å². The minimum atomic E-state index is -1.44. The molecule has 0 atom stereocenters. The molecule has 9 nitrogen and oxygen atoms in total. The number of aromatic carboxylic acids is 1. The molecule has 0 aliphatic rings. The number of aliphatic hydroxyl groups is 1. The molecule has 0 radical (unpaired) electrons. The number of carboxylic acids is 1. The van der Waals surface area contributed by atoms with Crippen molar-refractivity contribution in [3.63, 3.8) is 0 Å². The predicted octanol–water partition coefficient (Wildman–Crippen LogP) is 3.64. The molecule has 5 aromatic carbocycles. The third kappa shape index (κ3) is 6.99. The Bertz CT molecular complexity index is 2200. The summed E-state index contributed by atoms with van der Waals surface area (Å²) in [6.45, 7) is 5.34. The number of carbonyl (C=O) groups excluding carboxylic acids is 1. The van der Waals surface area contributed by atoms with E-state index >= 15 is 0 Å². The molecule has 0 amide bonds. The van der Waals surface area contributed by atoms with Gasteiger partial charge in [0.25, 0.3) is 0 Å². The van der Waals surface area contributed by atoms with Gasteiger partial charge in [-0.3, -0.25) is 0 Å². The zero-order chi connectivity index (χ0) is 36.3. The minimum Gasteiger partial charge on any atom is -0.543 e. The van der Waals surface area contributed by atoms with E-state index in [-0.39, 0.29) is 36.8 Å². The Morgan fingerprint density at radius 1 is 0.736 bits per heavy atom. The SMILES string of the molecule is CCCc1nc(C(C)(C)O)c(C(=O)[O-])n1Cc1ccc(-c2ccccc2-c2nnnn2C(c2ccccc2)(c2ccccc2)c2ccccc2)cc1.[Li+]. The Balaban J connectivity index is 0.00000481. The Kier molecular flexibility index (Phi) is 10.9. The van der Waals surface area contributed by atoms with Crippen LogP contribution in [0, 0.1) is 0 Å². The van der Waals surface area contributed by atoms with E-state index in [4.69, 9.17) is 5.21 Å². The largest absolute Gasteiger partial charge is 1.00 e. The van der Waals surface area contributed by atoms with Crippen LogP contribution in [-0.4, -0.2) is 40.8 Å². The fourth-order valence-electron chi connectivity index (χ4n) is 7.11. The van der Waals surface area contributed by atoms with Crippen LogP contribution in [0.2, 0.25) is 0 Å². The van der Waals surface area contributed by atoms with Crippen molar-refractivity contribution in [1.82, 2.24) is 29.8 Å². The number of carbonyl (C=O) groups is 1. The molecule has 0 fully saturated rings. The van der Waals surface area contributed by atoms with Crippen molar-refractivity contribution in [3.05, 3.63) is 179 Å². The van der Waals surface area contributed by atoms with Crippen molar-refractivity contribution >= 4 is 5.97 Å². The number of nitrogens with zero attached hydrogens (tertiary/aromatic N) is 6. The molecular formula is C43H39LiN6O3. The van der Waals surface area contributed by atoms with Crippen molar-refractivity contribution in [2.75, 3.05) is 0 Å². The van der Waals surface area contributed by atoms with Gasteiger partial charge in [-0.05, 0) is 64.1 Å². The normalized spacial score (nSPS) is 11.6. The number of carboxylic acid groups (broad SMARTS) is 1. The number of tetrazole rings is 1. The molecule has 0 saturated heterocycles. The molecule has 0 spiro atoms. The van der Waals surface area contributed by atoms with Gasteiger partial charge in [-0.15, -0.1) is 5.10 Å². The summed E-state index contributed by atoms with van der Waals surface area (Å²) in [7, 11) is 0. The molecule has 260 valence electrons. The maximum Gasteiger partial charge on any atom is 1.00 e. The molecule has 0 unspecified atom stereocenters. The van der Waals surface area contributed by atoms with Crippen LogP contribution in [0.25, 0.3) is 22.5 Å². The Morgan fingerprint density at radius 2 is 1.25 bits per heavy atom. The van der Waals surface area contributed by atoms with Gasteiger partial charge in [0.1, 0.15) is 17.0 Å². The fraction of sp³-hybridized carbons (Fsp3) is 0.186. The minimum absolute atomic E-state index is 0. The molecule has 2 heterocycles. The van der Waals surface area contributed by atoms with Gasteiger partial charge < -0.3 is 19.6 Å². The number of hydrogen-bond donors (Lipinski definition) is 1. The summed E-state index contributed by atoms with van der Waals surface area (Å²) in [5.74, 6) is -0.178. The average molecular weight is 695 g/mol. The van der Waals surface area contributed by atoms with Crippen molar-refractivity contribution in [3.8, 4) is 22.5 Å². The Labute approximate surface area is 321 Å². The monoisotopic (exact) mass is 694 g/mol. The predicted molar refractivity (Wildman–Crippen MR) is 198 cm³/mol. The topological polar surface area (TPSA) is 122 Å². The fourth-order valence-corrected chi connectivity index (χ4v) is 7.11. The van der Waals surface area contributed by atoms with E-state index in [0.717, 1.165) is 45.4 Å². The molecule has 7 rings (SSSR count). The molecule has 0 aliphatic heterocycles. The number of aryl methyl sites for hydroxylation is 1. The molecule has 2 aromatic heterocycles. The van der Waals surface area contributed by atoms with Gasteiger partial charge in [-0.1, -0.05) is 146 Å². The van der Waals surface area contributed by atoms with Gasteiger partial charge in [0.2, 0.25) is 0 Å². The molecule has 7 aromatic rings. The van der Waals surface area contributed by atoms with Crippen LogP contribution in [0.4, 0.5) is 0 Å². The first-order valence-corrected chi connectivity index (χ1v) is 17.4. The van der Waals surface area contributed by atoms with Crippen LogP contribution in [-0.2, 0) is 24.1 Å². The summed E-state index contributed by atoms with van der Waals surface area (Å²) in [4.78, 5) is 16.9. The number of aromatic nitrogens is 6. The van der Waals surface area contributed by atoms with E-state index < -0.39 is 17.1 Å². The number of benzene rings is 5. The number of hydrogen-bond acceptors (Lipinski definition) is 7. The van der Waals surface area contributed by atoms with Gasteiger partial charge in [-0.2, -0.15) is 0 Å². The van der Waals surface area contributed by atoms with Crippen LogP contribution in [0.1, 0.15) is 71.5 Å². The van der Waals surface area contributed by atoms with Crippen molar-refractivity contribution in [2.24, 2.45) is 0 Å². The maximum atomic E-state index is 12.4. The second-order valence-corrected chi connectivity index (χ2v) is 13.4. The Morgan fingerprint density at radius 3 is 1.74 bits per heavy atom. The maximum absolute atomic E-state index is 12.4. The van der Waals surface area contributed by atoms with Crippen molar-refractivity contribution in [1.29, 1.82) is 0 Å². The van der Waals surface area contributed by atoms with Gasteiger partial charge in [0.05, 0.1) is 17.4 Å². The second-order valence-electron chi connectivity index (χ2n) is 13.4. The third-order valence-electron chi connectivity index (χ3n) is 9.43. The number of rotatable bonds is 12. The van der Waals surface area contributed by atoms with Gasteiger partial charge in [-0.25, -0.2) is 9.67 Å². The first-order chi connectivity index (χ1) is 25.2. The van der Waals surface area contributed by atoms with Crippen LogP contribution in [0.5, 0.6) is 0 Å². The smallest absolute Gasteiger partial charge is 0.543 e. The van der Waals surface area contributed by atoms with Crippen molar-refractivity contribution < 1.29 is 33.9 Å². The summed E-state index contributed by atoms with van der Waals surface area (Å²) in [5, 5.41) is 36.8. The standard InChI is InChI=1S/C43H40N6O3.Li/c1-4-16-37-44-39(42(2,3)52)38(41(50)51)48(37)29-30-25-27-31(28-26-30)35-23-14-15-24-36(35)40-45-46-47-49(40)43(32-17-8-5-9-18-32,33-19-10-6-11-20-33)34-21-12-7-13-22-34;/h5-15,17-28,52H,4,16,29H2,1-3H3,(H,50,51);/q;+1/p-1. The zero-order valence-corrected chi connectivity index (χ0v) is 30.3. The summed E-state index contributed by atoms with van der Waals surface area (Å²) in [6.07, 6.45) is 1.33. The molecule has 53 heavy (non-hydrogen) atoms. The van der Waals surface area contributed by atoms with E-state index in [1.165, 1.54) is 13.8 Å². The first kappa shape index (κ1) is 37.2. The second kappa shape index (κ2) is 15.6. The van der Waals surface area contributed by atoms with Crippen molar-refractivity contribution in [2.45, 2.75) is 51.3 Å². The van der Waals surface area contributed by atoms with Crippen LogP contribution in [0.15, 0.2) is 140 Å². The first-order valence-electron chi connectivity index (χ1n) is 17.4. The molecule has 1 N–H and O–H groups in total. The number of imidazole rings is 1. The Hall–Kier alpha value is -5.59. The quantitative estimate of drug-likeness (QED) is 0.153. The molecule has 0 aliphatic carbocycles. The summed E-state index contributed by atoms with van der Waals surface area (Å²) < 4.78 is 3.58. The molecular weight excluding hydrogens is 655 g/mol. The summed E-state index contributed by atoms with van der Waals surface area (Å²) >= 11 is 0. The molecule has 0 saturated carbocycles. The van der Waals surface area contributed by atoms with Crippen LogP contribution >= 0.6 is 0 Å². The summed E-state index contributed by atoms with van der Waals surface area (Å²) in [5.41, 5.74) is 4.29. The third-order valence-corrected chi connectivity index (χ3v) is 9.43. The van der Waals surface area contributed by atoms with Gasteiger partial charge in [0, 0.05) is 18.5 Å². The van der Waals surface area contributed by atoms with E-state index in [2.05, 4.69) is 57.8 Å².